The maximum absolute atomic E-state index is 12.9. The Morgan fingerprint density at radius 1 is 0.862 bits per heavy atom. The zero-order chi connectivity index (χ0) is 21.0. The van der Waals surface area contributed by atoms with Gasteiger partial charge in [-0.3, -0.25) is 14.4 Å². The lowest BCUT2D eigenvalue weighted by atomic mass is 10.0. The van der Waals surface area contributed by atoms with Crippen molar-refractivity contribution in [2.45, 2.75) is 39.7 Å². The van der Waals surface area contributed by atoms with Crippen molar-refractivity contribution >= 4 is 34.8 Å². The smallest absolute Gasteiger partial charge is 0.240 e. The van der Waals surface area contributed by atoms with Gasteiger partial charge in [-0.2, -0.15) is 0 Å². The van der Waals surface area contributed by atoms with E-state index < -0.39 is 5.41 Å². The number of nitrogens with one attached hydrogen (secondary N) is 3. The van der Waals surface area contributed by atoms with Gasteiger partial charge in [-0.25, -0.2) is 0 Å². The first-order chi connectivity index (χ1) is 13.8. The summed E-state index contributed by atoms with van der Waals surface area (Å²) in [5.74, 6) is -0.285. The van der Waals surface area contributed by atoms with Crippen molar-refractivity contribution in [2.24, 2.45) is 5.41 Å². The van der Waals surface area contributed by atoms with Crippen LogP contribution in [0, 0.1) is 5.41 Å². The maximum Gasteiger partial charge on any atom is 0.240 e. The van der Waals surface area contributed by atoms with Crippen LogP contribution in [-0.2, 0) is 14.4 Å². The molecule has 1 aliphatic rings. The number of para-hydroxylation sites is 2. The molecule has 3 rings (SSSR count). The molecule has 3 N–H and O–H groups in total. The number of benzene rings is 2. The van der Waals surface area contributed by atoms with Crippen LogP contribution in [0.5, 0.6) is 5.75 Å². The highest BCUT2D eigenvalue weighted by Gasteiger charge is 2.56. The molecule has 0 unspecified atom stereocenters. The number of carbonyl (C=O) groups is 3. The molecule has 1 aliphatic carbocycles. The minimum absolute atomic E-state index is 0.0355. The topological polar surface area (TPSA) is 96.5 Å². The number of carbonyl (C=O) groups excluding carboxylic acids is 3. The molecular weight excluding hydrogens is 370 g/mol. The first kappa shape index (κ1) is 20.4. The Morgan fingerprint density at radius 3 is 1.97 bits per heavy atom. The van der Waals surface area contributed by atoms with Crippen LogP contribution in [0.4, 0.5) is 17.1 Å². The average molecular weight is 395 g/mol. The SMILES string of the molecule is CC(=O)Nc1ccc(NC(=O)C2(C(=O)Nc3ccccc3OC(C)C)CC2)cc1. The molecule has 0 aliphatic heterocycles. The second kappa shape index (κ2) is 8.34. The van der Waals surface area contributed by atoms with Gasteiger partial charge in [0.15, 0.2) is 0 Å². The van der Waals surface area contributed by atoms with Crippen molar-refractivity contribution in [3.63, 3.8) is 0 Å². The van der Waals surface area contributed by atoms with Crippen LogP contribution in [0.25, 0.3) is 0 Å². The summed E-state index contributed by atoms with van der Waals surface area (Å²) in [6.07, 6.45) is 0.940. The van der Waals surface area contributed by atoms with Crippen LogP contribution < -0.4 is 20.7 Å². The second-order valence-corrected chi connectivity index (χ2v) is 7.41. The fraction of sp³-hybridized carbons (Fsp3) is 0.318. The predicted molar refractivity (Wildman–Crippen MR) is 112 cm³/mol. The Balaban J connectivity index is 1.67. The lowest BCUT2D eigenvalue weighted by Gasteiger charge is -2.18. The van der Waals surface area contributed by atoms with Crippen molar-refractivity contribution in [1.82, 2.24) is 0 Å². The molecule has 1 saturated carbocycles. The third-order valence-corrected chi connectivity index (χ3v) is 4.58. The first-order valence-electron chi connectivity index (χ1n) is 9.56. The van der Waals surface area contributed by atoms with Gasteiger partial charge in [0.05, 0.1) is 11.8 Å². The summed E-state index contributed by atoms with van der Waals surface area (Å²) < 4.78 is 5.73. The zero-order valence-electron chi connectivity index (χ0n) is 16.7. The van der Waals surface area contributed by atoms with Crippen molar-refractivity contribution in [3.05, 3.63) is 48.5 Å². The summed E-state index contributed by atoms with van der Waals surface area (Å²) in [4.78, 5) is 36.7. The van der Waals surface area contributed by atoms with Crippen LogP contribution in [0.3, 0.4) is 0 Å². The van der Waals surface area contributed by atoms with E-state index in [2.05, 4.69) is 16.0 Å². The fourth-order valence-corrected chi connectivity index (χ4v) is 2.94. The monoisotopic (exact) mass is 395 g/mol. The fourth-order valence-electron chi connectivity index (χ4n) is 2.94. The van der Waals surface area contributed by atoms with Crippen molar-refractivity contribution in [1.29, 1.82) is 0 Å². The van der Waals surface area contributed by atoms with Crippen LogP contribution >= 0.6 is 0 Å². The molecule has 29 heavy (non-hydrogen) atoms. The largest absolute Gasteiger partial charge is 0.489 e. The molecule has 7 nitrogen and oxygen atoms in total. The molecule has 0 heterocycles. The Labute approximate surface area is 169 Å². The van der Waals surface area contributed by atoms with Crippen molar-refractivity contribution < 1.29 is 19.1 Å². The molecule has 0 spiro atoms. The van der Waals surface area contributed by atoms with E-state index in [-0.39, 0.29) is 23.8 Å². The lowest BCUT2D eigenvalue weighted by molar-refractivity contribution is -0.131. The summed E-state index contributed by atoms with van der Waals surface area (Å²) in [5, 5.41) is 8.30. The molecule has 3 amide bonds. The van der Waals surface area contributed by atoms with E-state index in [0.29, 0.717) is 35.7 Å². The highest BCUT2D eigenvalue weighted by atomic mass is 16.5. The third kappa shape index (κ3) is 4.93. The molecule has 7 heteroatoms. The van der Waals surface area contributed by atoms with Crippen molar-refractivity contribution in [2.75, 3.05) is 16.0 Å². The van der Waals surface area contributed by atoms with Gasteiger partial charge in [0, 0.05) is 18.3 Å². The summed E-state index contributed by atoms with van der Waals surface area (Å²) in [6, 6.07) is 13.9. The zero-order valence-corrected chi connectivity index (χ0v) is 16.7. The van der Waals surface area contributed by atoms with Gasteiger partial charge >= 0.3 is 0 Å². The Bertz CT molecular complexity index is 918. The number of ether oxygens (including phenoxy) is 1. The minimum Gasteiger partial charge on any atom is -0.489 e. The summed E-state index contributed by atoms with van der Waals surface area (Å²) in [5.41, 5.74) is 0.661. The molecule has 2 aromatic rings. The van der Waals surface area contributed by atoms with Gasteiger partial charge in [0.1, 0.15) is 11.2 Å². The predicted octanol–water partition coefficient (Wildman–Crippen LogP) is 3.79. The number of amides is 3. The van der Waals surface area contributed by atoms with Gasteiger partial charge in [0.2, 0.25) is 17.7 Å². The average Bonchev–Trinajstić information content (AvgIpc) is 3.46. The van der Waals surface area contributed by atoms with Crippen molar-refractivity contribution in [3.8, 4) is 5.75 Å². The normalized spacial score (nSPS) is 14.1. The summed E-state index contributed by atoms with van der Waals surface area (Å²) in [6.45, 7) is 5.24. The Morgan fingerprint density at radius 2 is 1.41 bits per heavy atom. The molecule has 2 aromatic carbocycles. The molecule has 0 radical (unpaired) electrons. The molecule has 152 valence electrons. The Kier molecular flexibility index (Phi) is 5.87. The highest BCUT2D eigenvalue weighted by Crippen LogP contribution is 2.48. The third-order valence-electron chi connectivity index (χ3n) is 4.58. The quantitative estimate of drug-likeness (QED) is 0.622. The second-order valence-electron chi connectivity index (χ2n) is 7.41. The number of hydrogen-bond acceptors (Lipinski definition) is 4. The first-order valence-corrected chi connectivity index (χ1v) is 9.56. The standard InChI is InChI=1S/C22H25N3O4/c1-14(2)29-19-7-5-4-6-18(19)25-21(28)22(12-13-22)20(27)24-17-10-8-16(9-11-17)23-15(3)26/h4-11,14H,12-13H2,1-3H3,(H,23,26)(H,24,27)(H,25,28). The molecule has 0 atom stereocenters. The van der Waals surface area contributed by atoms with E-state index >= 15 is 0 Å². The minimum atomic E-state index is -1.08. The lowest BCUT2D eigenvalue weighted by Crippen LogP contribution is -2.35. The van der Waals surface area contributed by atoms with Gasteiger partial charge in [-0.05, 0) is 63.1 Å². The highest BCUT2D eigenvalue weighted by molar-refractivity contribution is 6.17. The van der Waals surface area contributed by atoms with E-state index in [9.17, 15) is 14.4 Å². The number of rotatable bonds is 7. The Hall–Kier alpha value is -3.35. The van der Waals surface area contributed by atoms with Gasteiger partial charge in [-0.1, -0.05) is 12.1 Å². The van der Waals surface area contributed by atoms with E-state index in [1.54, 1.807) is 42.5 Å². The number of anilines is 3. The molecular formula is C22H25N3O4. The van der Waals surface area contributed by atoms with E-state index in [4.69, 9.17) is 4.74 Å². The van der Waals surface area contributed by atoms with Crippen LogP contribution in [0.15, 0.2) is 48.5 Å². The van der Waals surface area contributed by atoms with Crippen LogP contribution in [-0.4, -0.2) is 23.8 Å². The summed E-state index contributed by atoms with van der Waals surface area (Å²) in [7, 11) is 0. The van der Waals surface area contributed by atoms with Crippen LogP contribution in [0.2, 0.25) is 0 Å². The van der Waals surface area contributed by atoms with E-state index in [0.717, 1.165) is 0 Å². The van der Waals surface area contributed by atoms with Crippen LogP contribution in [0.1, 0.15) is 33.6 Å². The maximum atomic E-state index is 12.9. The van der Waals surface area contributed by atoms with Gasteiger partial charge in [0.25, 0.3) is 0 Å². The molecule has 0 aromatic heterocycles. The number of hydrogen-bond donors (Lipinski definition) is 3. The molecule has 0 bridgehead atoms. The van der Waals surface area contributed by atoms with E-state index in [1.165, 1.54) is 6.92 Å². The molecule has 1 fully saturated rings. The summed E-state index contributed by atoms with van der Waals surface area (Å²) >= 11 is 0. The van der Waals surface area contributed by atoms with E-state index in [1.807, 2.05) is 19.9 Å². The van der Waals surface area contributed by atoms with Gasteiger partial charge < -0.3 is 20.7 Å². The van der Waals surface area contributed by atoms with Gasteiger partial charge in [-0.15, -0.1) is 0 Å². The molecule has 0 saturated heterocycles.